The fourth-order valence-corrected chi connectivity index (χ4v) is 3.18. The number of carbonyl (C=O) groups excluding carboxylic acids is 3. The zero-order valence-corrected chi connectivity index (χ0v) is 12.3. The minimum atomic E-state index is -1.00. The Morgan fingerprint density at radius 1 is 1.24 bits per heavy atom. The van der Waals surface area contributed by atoms with Crippen molar-refractivity contribution in [2.75, 3.05) is 0 Å². The maximum Gasteiger partial charge on any atom is 0.331 e. The Hall–Kier alpha value is -1.88. The van der Waals surface area contributed by atoms with E-state index >= 15 is 0 Å². The van der Waals surface area contributed by atoms with Crippen molar-refractivity contribution in [3.8, 4) is 0 Å². The average molecular weight is 307 g/mol. The van der Waals surface area contributed by atoms with Crippen LogP contribution in [0.15, 0.2) is 24.3 Å². The quantitative estimate of drug-likeness (QED) is 0.853. The molecule has 1 aromatic rings. The molecule has 0 radical (unpaired) electrons. The van der Waals surface area contributed by atoms with Gasteiger partial charge in [0.05, 0.1) is 0 Å². The number of carbonyl (C=O) groups is 3. The minimum Gasteiger partial charge on any atom is -0.277 e. The van der Waals surface area contributed by atoms with Crippen LogP contribution in [-0.4, -0.2) is 28.8 Å². The molecular formula is C15H15ClN2O3. The van der Waals surface area contributed by atoms with Crippen LogP contribution in [-0.2, 0) is 9.59 Å². The normalized spacial score (nSPS) is 29.1. The van der Waals surface area contributed by atoms with Gasteiger partial charge in [-0.2, -0.15) is 0 Å². The Bertz CT molecular complexity index is 625. The molecule has 0 spiro atoms. The number of hydrogen-bond donors (Lipinski definition) is 1. The van der Waals surface area contributed by atoms with Gasteiger partial charge >= 0.3 is 6.03 Å². The zero-order valence-electron chi connectivity index (χ0n) is 11.5. The van der Waals surface area contributed by atoms with E-state index in [1.165, 1.54) is 4.90 Å². The van der Waals surface area contributed by atoms with E-state index in [0.29, 0.717) is 16.5 Å². The standard InChI is InChI=1S/C15H15ClN2O3/c1-8-5-11(6-8)18-14(20)12(13(19)17-15(18)21)9-3-2-4-10(16)7-9/h2-4,7-8,11-12H,5-6H2,1H3,(H,17,19,21). The third-order valence-electron chi connectivity index (χ3n) is 4.09. The summed E-state index contributed by atoms with van der Waals surface area (Å²) in [4.78, 5) is 37.8. The average Bonchev–Trinajstić information content (AvgIpc) is 2.36. The maximum atomic E-state index is 12.6. The molecule has 2 aliphatic rings. The van der Waals surface area contributed by atoms with E-state index in [-0.39, 0.29) is 6.04 Å². The Morgan fingerprint density at radius 2 is 1.95 bits per heavy atom. The summed E-state index contributed by atoms with van der Waals surface area (Å²) in [6.45, 7) is 2.07. The lowest BCUT2D eigenvalue weighted by molar-refractivity contribution is -0.141. The molecule has 1 aromatic carbocycles. The van der Waals surface area contributed by atoms with Crippen LogP contribution >= 0.6 is 11.6 Å². The molecule has 1 atom stereocenters. The van der Waals surface area contributed by atoms with Gasteiger partial charge < -0.3 is 0 Å². The molecule has 1 saturated carbocycles. The van der Waals surface area contributed by atoms with Gasteiger partial charge in [0.25, 0.3) is 0 Å². The second-order valence-electron chi connectivity index (χ2n) is 5.72. The molecule has 110 valence electrons. The van der Waals surface area contributed by atoms with Crippen LogP contribution in [0.5, 0.6) is 0 Å². The number of hydrogen-bond acceptors (Lipinski definition) is 3. The van der Waals surface area contributed by atoms with Crippen molar-refractivity contribution in [3.63, 3.8) is 0 Å². The summed E-state index contributed by atoms with van der Waals surface area (Å²) in [5.74, 6) is -1.55. The van der Waals surface area contributed by atoms with Gasteiger partial charge in [0, 0.05) is 11.1 Å². The van der Waals surface area contributed by atoms with Gasteiger partial charge in [-0.15, -0.1) is 0 Å². The lowest BCUT2D eigenvalue weighted by Gasteiger charge is -2.43. The largest absolute Gasteiger partial charge is 0.331 e. The Kier molecular flexibility index (Phi) is 3.45. The van der Waals surface area contributed by atoms with Crippen LogP contribution in [0.1, 0.15) is 31.2 Å². The summed E-state index contributed by atoms with van der Waals surface area (Å²) in [5.41, 5.74) is 0.509. The number of nitrogens with zero attached hydrogens (tertiary/aromatic N) is 1. The van der Waals surface area contributed by atoms with Crippen LogP contribution in [0.3, 0.4) is 0 Å². The maximum absolute atomic E-state index is 12.6. The first-order valence-corrected chi connectivity index (χ1v) is 7.28. The molecule has 2 fully saturated rings. The van der Waals surface area contributed by atoms with Gasteiger partial charge in [-0.05, 0) is 36.5 Å². The summed E-state index contributed by atoms with van der Waals surface area (Å²) >= 11 is 5.92. The lowest BCUT2D eigenvalue weighted by Crippen LogP contribution is -2.62. The second kappa shape index (κ2) is 5.15. The van der Waals surface area contributed by atoms with Gasteiger partial charge in [0.2, 0.25) is 11.8 Å². The molecule has 6 heteroatoms. The monoisotopic (exact) mass is 306 g/mol. The third-order valence-corrected chi connectivity index (χ3v) is 4.33. The fraction of sp³-hybridized carbons (Fsp3) is 0.400. The number of urea groups is 1. The minimum absolute atomic E-state index is 0.109. The Morgan fingerprint density at radius 3 is 2.57 bits per heavy atom. The number of rotatable bonds is 2. The molecule has 1 aliphatic carbocycles. The van der Waals surface area contributed by atoms with E-state index in [1.54, 1.807) is 24.3 Å². The van der Waals surface area contributed by atoms with Crippen LogP contribution in [0.25, 0.3) is 0 Å². The lowest BCUT2D eigenvalue weighted by atomic mass is 9.80. The molecule has 5 nitrogen and oxygen atoms in total. The van der Waals surface area contributed by atoms with Gasteiger partial charge in [-0.3, -0.25) is 19.8 Å². The molecule has 0 aromatic heterocycles. The van der Waals surface area contributed by atoms with Crippen molar-refractivity contribution >= 4 is 29.4 Å². The summed E-state index contributed by atoms with van der Waals surface area (Å²) < 4.78 is 0. The highest BCUT2D eigenvalue weighted by Crippen LogP contribution is 2.35. The first kappa shape index (κ1) is 14.1. The van der Waals surface area contributed by atoms with Crippen LogP contribution in [0.4, 0.5) is 4.79 Å². The van der Waals surface area contributed by atoms with E-state index in [1.807, 2.05) is 0 Å². The van der Waals surface area contributed by atoms with E-state index in [9.17, 15) is 14.4 Å². The van der Waals surface area contributed by atoms with Gasteiger partial charge in [0.1, 0.15) is 5.92 Å². The highest BCUT2D eigenvalue weighted by molar-refractivity contribution is 6.30. The smallest absolute Gasteiger partial charge is 0.277 e. The van der Waals surface area contributed by atoms with Gasteiger partial charge in [-0.1, -0.05) is 30.7 Å². The molecule has 21 heavy (non-hydrogen) atoms. The van der Waals surface area contributed by atoms with E-state index in [4.69, 9.17) is 11.6 Å². The van der Waals surface area contributed by atoms with Crippen LogP contribution in [0, 0.1) is 5.92 Å². The summed E-state index contributed by atoms with van der Waals surface area (Å²) in [7, 11) is 0. The summed E-state index contributed by atoms with van der Waals surface area (Å²) in [6, 6.07) is 5.89. The van der Waals surface area contributed by atoms with E-state index in [0.717, 1.165) is 12.8 Å². The SMILES string of the molecule is CC1CC(N2C(=O)NC(=O)C(c3cccc(Cl)c3)C2=O)C1. The molecule has 4 amide bonds. The van der Waals surface area contributed by atoms with Crippen LogP contribution in [0.2, 0.25) is 5.02 Å². The number of barbiturate groups is 1. The topological polar surface area (TPSA) is 66.5 Å². The number of halogens is 1. The molecule has 1 unspecified atom stereocenters. The first-order valence-electron chi connectivity index (χ1n) is 6.90. The van der Waals surface area contributed by atoms with Gasteiger partial charge in [0.15, 0.2) is 0 Å². The van der Waals surface area contributed by atoms with E-state index < -0.39 is 23.8 Å². The highest BCUT2D eigenvalue weighted by Gasteiger charge is 2.46. The number of benzene rings is 1. The molecule has 1 heterocycles. The van der Waals surface area contributed by atoms with Crippen molar-refractivity contribution in [1.82, 2.24) is 10.2 Å². The molecular weight excluding hydrogens is 292 g/mol. The summed E-state index contributed by atoms with van der Waals surface area (Å²) in [6.07, 6.45) is 1.57. The fourth-order valence-electron chi connectivity index (χ4n) is 2.99. The molecule has 1 saturated heterocycles. The number of imide groups is 2. The predicted octanol–water partition coefficient (Wildman–Crippen LogP) is 2.30. The third kappa shape index (κ3) is 2.42. The van der Waals surface area contributed by atoms with Crippen molar-refractivity contribution in [2.24, 2.45) is 5.92 Å². The molecule has 3 rings (SSSR count). The molecule has 1 aliphatic heterocycles. The van der Waals surface area contributed by atoms with Crippen molar-refractivity contribution in [2.45, 2.75) is 31.7 Å². The second-order valence-corrected chi connectivity index (χ2v) is 6.16. The van der Waals surface area contributed by atoms with Crippen LogP contribution < -0.4 is 5.32 Å². The first-order chi connectivity index (χ1) is 9.97. The predicted molar refractivity (Wildman–Crippen MR) is 76.8 cm³/mol. The van der Waals surface area contributed by atoms with E-state index in [2.05, 4.69) is 12.2 Å². The Balaban J connectivity index is 1.91. The number of nitrogens with one attached hydrogen (secondary N) is 1. The highest BCUT2D eigenvalue weighted by atomic mass is 35.5. The van der Waals surface area contributed by atoms with Crippen molar-refractivity contribution in [1.29, 1.82) is 0 Å². The summed E-state index contributed by atoms with van der Waals surface area (Å²) in [5, 5.41) is 2.73. The zero-order chi connectivity index (χ0) is 15.1. The molecule has 0 bridgehead atoms. The molecule has 1 N–H and O–H groups in total. The van der Waals surface area contributed by atoms with Crippen molar-refractivity contribution < 1.29 is 14.4 Å². The Labute approximate surface area is 127 Å². The van der Waals surface area contributed by atoms with Gasteiger partial charge in [-0.25, -0.2) is 4.79 Å². The number of amides is 4. The van der Waals surface area contributed by atoms with Crippen molar-refractivity contribution in [3.05, 3.63) is 34.9 Å².